The summed E-state index contributed by atoms with van der Waals surface area (Å²) in [6.45, 7) is 5.58. The Morgan fingerprint density at radius 2 is 2.24 bits per heavy atom. The second-order valence-corrected chi connectivity index (χ2v) is 7.62. The third kappa shape index (κ3) is 3.41. The summed E-state index contributed by atoms with van der Waals surface area (Å²) in [4.78, 5) is 19.8. The molecule has 0 aliphatic carbocycles. The average Bonchev–Trinajstić information content (AvgIpc) is 3.00. The molecule has 0 bridgehead atoms. The van der Waals surface area contributed by atoms with E-state index in [4.69, 9.17) is 17.3 Å². The van der Waals surface area contributed by atoms with Crippen molar-refractivity contribution in [1.82, 2.24) is 14.1 Å². The predicted octanol–water partition coefficient (Wildman–Crippen LogP) is 2.80. The predicted molar refractivity (Wildman–Crippen MR) is 115 cm³/mol. The van der Waals surface area contributed by atoms with Crippen molar-refractivity contribution in [3.8, 4) is 6.07 Å². The van der Waals surface area contributed by atoms with Crippen molar-refractivity contribution in [2.75, 3.05) is 18.0 Å². The van der Waals surface area contributed by atoms with Crippen LogP contribution in [0.3, 0.4) is 0 Å². The van der Waals surface area contributed by atoms with Crippen LogP contribution in [0.15, 0.2) is 41.8 Å². The Labute approximate surface area is 173 Å². The number of nitrogens with zero attached hydrogens (tertiary/aromatic N) is 5. The Kier molecular flexibility index (Phi) is 5.14. The number of aromatic nitrogens is 3. The standard InChI is InChI=1S/C21H21ClN6O/c1-2-27-20-19(18(7-8-25-20)26-9-3-4-17(24)13-26)28(21(27)29)12-14-5-6-16(22)10-15(14)11-23/h2,5-8,10,17H,1,3-4,9,12-13,24H2/t17-/m1/s1. The number of benzene rings is 1. The summed E-state index contributed by atoms with van der Waals surface area (Å²) in [5, 5.41) is 9.97. The van der Waals surface area contributed by atoms with E-state index >= 15 is 0 Å². The summed E-state index contributed by atoms with van der Waals surface area (Å²) >= 11 is 6.03. The van der Waals surface area contributed by atoms with Crippen molar-refractivity contribution in [2.24, 2.45) is 5.73 Å². The number of piperidine rings is 1. The third-order valence-electron chi connectivity index (χ3n) is 5.32. The molecule has 0 spiro atoms. The molecule has 7 nitrogen and oxygen atoms in total. The van der Waals surface area contributed by atoms with Crippen LogP contribution in [0.5, 0.6) is 0 Å². The van der Waals surface area contributed by atoms with Crippen LogP contribution in [0.1, 0.15) is 24.0 Å². The van der Waals surface area contributed by atoms with Crippen molar-refractivity contribution in [3.05, 3.63) is 63.7 Å². The minimum absolute atomic E-state index is 0.0927. The highest BCUT2D eigenvalue weighted by atomic mass is 35.5. The fourth-order valence-electron chi connectivity index (χ4n) is 3.94. The lowest BCUT2D eigenvalue weighted by Gasteiger charge is -2.33. The van der Waals surface area contributed by atoms with Crippen molar-refractivity contribution >= 4 is 34.7 Å². The van der Waals surface area contributed by atoms with Gasteiger partial charge in [-0.2, -0.15) is 5.26 Å². The second-order valence-electron chi connectivity index (χ2n) is 7.19. The van der Waals surface area contributed by atoms with Gasteiger partial charge in [0.15, 0.2) is 5.65 Å². The smallest absolute Gasteiger partial charge is 0.334 e. The number of imidazole rings is 1. The molecule has 0 radical (unpaired) electrons. The van der Waals surface area contributed by atoms with Gasteiger partial charge in [0.2, 0.25) is 0 Å². The summed E-state index contributed by atoms with van der Waals surface area (Å²) in [7, 11) is 0. The quantitative estimate of drug-likeness (QED) is 0.716. The van der Waals surface area contributed by atoms with E-state index in [0.29, 0.717) is 27.3 Å². The van der Waals surface area contributed by atoms with Crippen molar-refractivity contribution < 1.29 is 0 Å². The van der Waals surface area contributed by atoms with Crippen LogP contribution in [0.4, 0.5) is 5.69 Å². The summed E-state index contributed by atoms with van der Waals surface area (Å²) < 4.78 is 3.08. The number of nitriles is 1. The molecule has 4 rings (SSSR count). The second kappa shape index (κ2) is 7.74. The van der Waals surface area contributed by atoms with Crippen molar-refractivity contribution in [2.45, 2.75) is 25.4 Å². The SMILES string of the molecule is C=Cn1c(=O)n(Cc2ccc(Cl)cc2C#N)c2c(N3CCC[C@@H](N)C3)ccnc21. The zero-order valence-electron chi connectivity index (χ0n) is 15.9. The van der Waals surface area contributed by atoms with Crippen LogP contribution >= 0.6 is 11.6 Å². The van der Waals surface area contributed by atoms with Crippen molar-refractivity contribution in [1.29, 1.82) is 5.26 Å². The molecule has 1 aromatic carbocycles. The number of hydrogen-bond donors (Lipinski definition) is 1. The van der Waals surface area contributed by atoms with Gasteiger partial charge in [-0.05, 0) is 36.6 Å². The molecule has 1 saturated heterocycles. The lowest BCUT2D eigenvalue weighted by Crippen LogP contribution is -2.43. The van der Waals surface area contributed by atoms with E-state index in [2.05, 4.69) is 22.5 Å². The molecule has 1 aliphatic heterocycles. The molecule has 29 heavy (non-hydrogen) atoms. The molecule has 1 aliphatic rings. The summed E-state index contributed by atoms with van der Waals surface area (Å²) in [5.41, 5.74) is 9.25. The van der Waals surface area contributed by atoms with Gasteiger partial charge in [-0.1, -0.05) is 24.2 Å². The lowest BCUT2D eigenvalue weighted by molar-refractivity contribution is 0.506. The Bertz CT molecular complexity index is 1190. The Morgan fingerprint density at radius 1 is 1.41 bits per heavy atom. The summed E-state index contributed by atoms with van der Waals surface area (Å²) in [6.07, 6.45) is 5.15. The van der Waals surface area contributed by atoms with E-state index < -0.39 is 0 Å². The molecule has 1 fully saturated rings. The van der Waals surface area contributed by atoms with Gasteiger partial charge in [0, 0.05) is 36.6 Å². The van der Waals surface area contributed by atoms with E-state index in [1.807, 2.05) is 6.07 Å². The molecule has 0 unspecified atom stereocenters. The molecule has 2 aromatic heterocycles. The molecule has 3 aromatic rings. The van der Waals surface area contributed by atoms with Crippen LogP contribution in [0, 0.1) is 11.3 Å². The number of halogens is 1. The van der Waals surface area contributed by atoms with E-state index in [-0.39, 0.29) is 18.3 Å². The minimum atomic E-state index is -0.255. The normalized spacial score (nSPS) is 16.7. The molecule has 0 saturated carbocycles. The van der Waals surface area contributed by atoms with Gasteiger partial charge in [-0.3, -0.25) is 9.13 Å². The number of nitrogens with two attached hydrogens (primary N) is 1. The summed E-state index contributed by atoms with van der Waals surface area (Å²) in [5.74, 6) is 0. The fraction of sp³-hybridized carbons (Fsp3) is 0.286. The van der Waals surface area contributed by atoms with Gasteiger partial charge in [0.25, 0.3) is 0 Å². The number of rotatable bonds is 4. The van der Waals surface area contributed by atoms with Crippen molar-refractivity contribution in [3.63, 3.8) is 0 Å². The van der Waals surface area contributed by atoms with E-state index in [1.165, 1.54) is 10.8 Å². The van der Waals surface area contributed by atoms with Crippen LogP contribution in [-0.2, 0) is 6.54 Å². The van der Waals surface area contributed by atoms with Crippen LogP contribution < -0.4 is 16.3 Å². The molecular formula is C21H21ClN6O. The number of pyridine rings is 1. The zero-order chi connectivity index (χ0) is 20.5. The number of hydrogen-bond acceptors (Lipinski definition) is 5. The topological polar surface area (TPSA) is 92.9 Å². The largest absolute Gasteiger partial charge is 0.368 e. The van der Waals surface area contributed by atoms with E-state index in [1.54, 1.807) is 29.0 Å². The van der Waals surface area contributed by atoms with E-state index in [0.717, 1.165) is 31.6 Å². The van der Waals surface area contributed by atoms with Gasteiger partial charge in [0.05, 0.1) is 23.9 Å². The summed E-state index contributed by atoms with van der Waals surface area (Å²) in [6, 6.07) is 9.27. The highest BCUT2D eigenvalue weighted by Crippen LogP contribution is 2.28. The minimum Gasteiger partial charge on any atom is -0.368 e. The highest BCUT2D eigenvalue weighted by molar-refractivity contribution is 6.30. The highest BCUT2D eigenvalue weighted by Gasteiger charge is 2.23. The first-order valence-electron chi connectivity index (χ1n) is 9.45. The van der Waals surface area contributed by atoms with Crippen LogP contribution in [0.2, 0.25) is 5.02 Å². The Morgan fingerprint density at radius 3 is 2.97 bits per heavy atom. The number of fused-ring (bicyclic) bond motifs is 1. The molecule has 8 heteroatoms. The maximum Gasteiger partial charge on any atom is 0.334 e. The molecule has 0 amide bonds. The molecule has 2 N–H and O–H groups in total. The molecular weight excluding hydrogens is 388 g/mol. The first kappa shape index (κ1) is 19.2. The zero-order valence-corrected chi connectivity index (χ0v) is 16.6. The Balaban J connectivity index is 1.92. The first-order chi connectivity index (χ1) is 14.0. The molecule has 148 valence electrons. The molecule has 1 atom stereocenters. The van der Waals surface area contributed by atoms with E-state index in [9.17, 15) is 10.1 Å². The molecule has 3 heterocycles. The monoisotopic (exact) mass is 408 g/mol. The van der Waals surface area contributed by atoms with Crippen LogP contribution in [0.25, 0.3) is 17.4 Å². The fourth-order valence-corrected chi connectivity index (χ4v) is 4.11. The maximum absolute atomic E-state index is 13.2. The van der Waals surface area contributed by atoms with Gasteiger partial charge >= 0.3 is 5.69 Å². The Hall–Kier alpha value is -3.08. The van der Waals surface area contributed by atoms with Crippen LogP contribution in [-0.4, -0.2) is 33.2 Å². The number of anilines is 1. The van der Waals surface area contributed by atoms with Gasteiger partial charge in [-0.25, -0.2) is 9.78 Å². The van der Waals surface area contributed by atoms with Gasteiger partial charge in [0.1, 0.15) is 5.52 Å². The van der Waals surface area contributed by atoms with Gasteiger partial charge in [-0.15, -0.1) is 0 Å². The third-order valence-corrected chi connectivity index (χ3v) is 5.56. The lowest BCUT2D eigenvalue weighted by atomic mass is 10.1. The van der Waals surface area contributed by atoms with Gasteiger partial charge < -0.3 is 10.6 Å². The first-order valence-corrected chi connectivity index (χ1v) is 9.82. The average molecular weight is 409 g/mol. The maximum atomic E-state index is 13.2.